The number of aromatic nitrogens is 2. The summed E-state index contributed by atoms with van der Waals surface area (Å²) in [6, 6.07) is 7.30. The lowest BCUT2D eigenvalue weighted by Gasteiger charge is -2.02. The molecule has 1 heterocycles. The highest BCUT2D eigenvalue weighted by Gasteiger charge is 2.13. The Bertz CT molecular complexity index is 467. The van der Waals surface area contributed by atoms with E-state index in [0.717, 1.165) is 11.5 Å². The van der Waals surface area contributed by atoms with Crippen LogP contribution in [-0.2, 0) is 13.2 Å². The zero-order valence-electron chi connectivity index (χ0n) is 9.47. The SMILES string of the molecule is COc1ccc(OCc2noc(CN)[nH+]2)cc1. The first-order valence-electron chi connectivity index (χ1n) is 5.15. The number of rotatable bonds is 5. The molecule has 0 saturated heterocycles. The lowest BCUT2D eigenvalue weighted by Crippen LogP contribution is -2.16. The quantitative estimate of drug-likeness (QED) is 0.818. The summed E-state index contributed by atoms with van der Waals surface area (Å²) in [6.45, 7) is 0.589. The van der Waals surface area contributed by atoms with Crippen molar-refractivity contribution in [1.29, 1.82) is 0 Å². The van der Waals surface area contributed by atoms with Crippen LogP contribution in [0.4, 0.5) is 0 Å². The number of nitrogens with one attached hydrogen (secondary N) is 1. The summed E-state index contributed by atoms with van der Waals surface area (Å²) in [4.78, 5) is 2.90. The first-order chi connectivity index (χ1) is 8.31. The smallest absolute Gasteiger partial charge is 0.384 e. The molecule has 1 aromatic carbocycles. The van der Waals surface area contributed by atoms with Gasteiger partial charge in [0, 0.05) is 0 Å². The maximum Gasteiger partial charge on any atom is 0.384 e. The summed E-state index contributed by atoms with van der Waals surface area (Å²) in [5, 5.41) is 3.78. The molecule has 0 spiro atoms. The average Bonchev–Trinajstić information content (AvgIpc) is 2.85. The average molecular weight is 236 g/mol. The largest absolute Gasteiger partial charge is 0.497 e. The normalized spacial score (nSPS) is 10.2. The van der Waals surface area contributed by atoms with Gasteiger partial charge >= 0.3 is 11.7 Å². The monoisotopic (exact) mass is 236 g/mol. The van der Waals surface area contributed by atoms with Gasteiger partial charge in [-0.15, -0.1) is 0 Å². The van der Waals surface area contributed by atoms with Gasteiger partial charge in [-0.25, -0.2) is 9.51 Å². The lowest BCUT2D eigenvalue weighted by molar-refractivity contribution is -0.412. The predicted octanol–water partition coefficient (Wildman–Crippen LogP) is 0.535. The van der Waals surface area contributed by atoms with Crippen molar-refractivity contribution in [2.75, 3.05) is 7.11 Å². The van der Waals surface area contributed by atoms with Crippen molar-refractivity contribution in [3.05, 3.63) is 36.0 Å². The molecule has 2 rings (SSSR count). The Balaban J connectivity index is 1.92. The van der Waals surface area contributed by atoms with Crippen LogP contribution in [0.25, 0.3) is 0 Å². The summed E-state index contributed by atoms with van der Waals surface area (Å²) in [5.74, 6) is 2.65. The third kappa shape index (κ3) is 2.94. The first kappa shape index (κ1) is 11.4. The second-order valence-corrected chi connectivity index (χ2v) is 3.35. The highest BCUT2D eigenvalue weighted by atomic mass is 16.5. The number of nitrogens with two attached hydrogens (primary N) is 1. The van der Waals surface area contributed by atoms with Crippen LogP contribution in [0, 0.1) is 0 Å². The lowest BCUT2D eigenvalue weighted by atomic mass is 10.3. The van der Waals surface area contributed by atoms with Gasteiger partial charge in [0.25, 0.3) is 0 Å². The molecule has 2 aromatic rings. The molecular weight excluding hydrogens is 222 g/mol. The summed E-state index contributed by atoms with van der Waals surface area (Å²) >= 11 is 0. The van der Waals surface area contributed by atoms with Crippen LogP contribution >= 0.6 is 0 Å². The van der Waals surface area contributed by atoms with Gasteiger partial charge in [0.05, 0.1) is 13.7 Å². The van der Waals surface area contributed by atoms with Crippen LogP contribution in [0.1, 0.15) is 11.7 Å². The van der Waals surface area contributed by atoms with Crippen molar-refractivity contribution in [1.82, 2.24) is 5.16 Å². The summed E-state index contributed by atoms with van der Waals surface area (Å²) in [5.41, 5.74) is 5.38. The van der Waals surface area contributed by atoms with Crippen molar-refractivity contribution in [2.24, 2.45) is 5.73 Å². The molecule has 0 unspecified atom stereocenters. The van der Waals surface area contributed by atoms with Crippen LogP contribution in [0.5, 0.6) is 11.5 Å². The molecule has 6 nitrogen and oxygen atoms in total. The zero-order chi connectivity index (χ0) is 12.1. The molecule has 0 amide bonds. The fourth-order valence-electron chi connectivity index (χ4n) is 1.29. The highest BCUT2D eigenvalue weighted by Crippen LogP contribution is 2.17. The number of H-pyrrole nitrogens is 1. The van der Waals surface area contributed by atoms with E-state index in [1.807, 2.05) is 24.3 Å². The van der Waals surface area contributed by atoms with E-state index in [2.05, 4.69) is 10.1 Å². The van der Waals surface area contributed by atoms with Gasteiger partial charge in [-0.2, -0.15) is 0 Å². The summed E-state index contributed by atoms with van der Waals surface area (Å²) in [7, 11) is 1.62. The zero-order valence-corrected chi connectivity index (χ0v) is 9.47. The maximum atomic E-state index is 5.50. The van der Waals surface area contributed by atoms with E-state index in [4.69, 9.17) is 19.7 Å². The molecule has 90 valence electrons. The first-order valence-corrected chi connectivity index (χ1v) is 5.15. The van der Waals surface area contributed by atoms with Gasteiger partial charge in [0.2, 0.25) is 0 Å². The molecule has 0 atom stereocenters. The van der Waals surface area contributed by atoms with E-state index < -0.39 is 0 Å². The van der Waals surface area contributed by atoms with Crippen LogP contribution in [0.2, 0.25) is 0 Å². The van der Waals surface area contributed by atoms with Crippen LogP contribution in [-0.4, -0.2) is 12.3 Å². The summed E-state index contributed by atoms with van der Waals surface area (Å²) in [6.07, 6.45) is 0. The number of aromatic amines is 1. The number of hydrogen-bond acceptors (Lipinski definition) is 5. The highest BCUT2D eigenvalue weighted by molar-refractivity contribution is 5.31. The van der Waals surface area contributed by atoms with Gasteiger partial charge in [-0.3, -0.25) is 0 Å². The fourth-order valence-corrected chi connectivity index (χ4v) is 1.29. The Kier molecular flexibility index (Phi) is 3.56. The number of ether oxygens (including phenoxy) is 2. The van der Waals surface area contributed by atoms with Crippen LogP contribution in [0.3, 0.4) is 0 Å². The van der Waals surface area contributed by atoms with E-state index in [1.54, 1.807) is 7.11 Å². The third-order valence-electron chi connectivity index (χ3n) is 2.17. The topological polar surface area (TPSA) is 84.7 Å². The predicted molar refractivity (Wildman–Crippen MR) is 58.3 cm³/mol. The van der Waals surface area contributed by atoms with Crippen molar-refractivity contribution < 1.29 is 19.0 Å². The Morgan fingerprint density at radius 2 is 2.00 bits per heavy atom. The van der Waals surface area contributed by atoms with Crippen molar-refractivity contribution in [2.45, 2.75) is 13.2 Å². The second kappa shape index (κ2) is 5.31. The molecule has 1 aromatic heterocycles. The molecule has 0 saturated carbocycles. The Labute approximate surface area is 98.3 Å². The van der Waals surface area contributed by atoms with E-state index in [1.165, 1.54) is 0 Å². The Morgan fingerprint density at radius 3 is 2.59 bits per heavy atom. The number of methoxy groups -OCH3 is 1. The number of hydrogen-bond donors (Lipinski definition) is 1. The molecule has 0 aliphatic heterocycles. The van der Waals surface area contributed by atoms with E-state index in [-0.39, 0.29) is 6.54 Å². The van der Waals surface area contributed by atoms with Gasteiger partial charge in [0.15, 0.2) is 11.8 Å². The third-order valence-corrected chi connectivity index (χ3v) is 2.17. The minimum Gasteiger partial charge on any atom is -0.497 e. The molecule has 0 bridgehead atoms. The van der Waals surface area contributed by atoms with Gasteiger partial charge in [-0.05, 0) is 24.3 Å². The maximum absolute atomic E-state index is 5.50. The van der Waals surface area contributed by atoms with Crippen molar-refractivity contribution >= 4 is 0 Å². The molecular formula is C11H14N3O3+. The molecule has 17 heavy (non-hydrogen) atoms. The number of nitrogens with zero attached hydrogens (tertiary/aromatic N) is 1. The van der Waals surface area contributed by atoms with E-state index >= 15 is 0 Å². The molecule has 6 heteroatoms. The minimum absolute atomic E-state index is 0.287. The van der Waals surface area contributed by atoms with Gasteiger partial charge in [0.1, 0.15) is 11.5 Å². The van der Waals surface area contributed by atoms with Gasteiger partial charge < -0.3 is 15.2 Å². The molecule has 0 fully saturated rings. The van der Waals surface area contributed by atoms with Crippen molar-refractivity contribution in [3.63, 3.8) is 0 Å². The fraction of sp³-hybridized carbons (Fsp3) is 0.273. The number of benzene rings is 1. The van der Waals surface area contributed by atoms with Crippen LogP contribution < -0.4 is 20.2 Å². The van der Waals surface area contributed by atoms with Crippen LogP contribution in [0.15, 0.2) is 28.8 Å². The molecule has 0 radical (unpaired) electrons. The second-order valence-electron chi connectivity index (χ2n) is 3.35. The van der Waals surface area contributed by atoms with Gasteiger partial charge in [-0.1, -0.05) is 0 Å². The van der Waals surface area contributed by atoms with E-state index in [9.17, 15) is 0 Å². The van der Waals surface area contributed by atoms with Crippen molar-refractivity contribution in [3.8, 4) is 11.5 Å². The minimum atomic E-state index is 0.287. The summed E-state index contributed by atoms with van der Waals surface area (Å²) < 4.78 is 15.5. The van der Waals surface area contributed by atoms with E-state index in [0.29, 0.717) is 18.3 Å². The molecule has 0 aliphatic rings. The molecule has 3 N–H and O–H groups in total. The Morgan fingerprint density at radius 1 is 1.29 bits per heavy atom. The Hall–Kier alpha value is -2.08. The standard InChI is InChI=1S/C11H13N3O3/c1-15-8-2-4-9(5-3-8)16-7-10-13-11(6-12)17-14-10/h2-5H,6-7,12H2,1H3/p+1. The molecule has 0 aliphatic carbocycles.